The number of nitrogens with one attached hydrogen (secondary N) is 1. The van der Waals surface area contributed by atoms with Crippen molar-refractivity contribution in [2.75, 3.05) is 18.0 Å². The van der Waals surface area contributed by atoms with Gasteiger partial charge in [-0.05, 0) is 18.6 Å². The number of nitrogens with zero attached hydrogens (tertiary/aromatic N) is 2. The SMILES string of the molecule is c1ccc2sc(N3C[C@@H]4C[C@H]3CN4)nc2c1. The Morgan fingerprint density at radius 3 is 3.06 bits per heavy atom. The van der Waals surface area contributed by atoms with Crippen molar-refractivity contribution in [2.24, 2.45) is 0 Å². The summed E-state index contributed by atoms with van der Waals surface area (Å²) in [5, 5.41) is 4.73. The van der Waals surface area contributed by atoms with Crippen LogP contribution in [-0.4, -0.2) is 30.2 Å². The van der Waals surface area contributed by atoms with Gasteiger partial charge in [-0.25, -0.2) is 4.98 Å². The van der Waals surface area contributed by atoms with E-state index in [1.807, 2.05) is 11.3 Å². The molecule has 0 unspecified atom stereocenters. The predicted octanol–water partition coefficient (Wildman–Crippen LogP) is 1.85. The Hall–Kier alpha value is -1.13. The molecule has 4 heteroatoms. The predicted molar refractivity (Wildman–Crippen MR) is 67.2 cm³/mol. The Morgan fingerprint density at radius 2 is 2.31 bits per heavy atom. The summed E-state index contributed by atoms with van der Waals surface area (Å²) in [4.78, 5) is 7.21. The molecule has 2 aliphatic rings. The third-order valence-corrected chi connectivity index (χ3v) is 4.66. The first-order valence-corrected chi connectivity index (χ1v) is 6.57. The molecule has 2 saturated heterocycles. The maximum Gasteiger partial charge on any atom is 0.186 e. The summed E-state index contributed by atoms with van der Waals surface area (Å²) < 4.78 is 1.30. The lowest BCUT2D eigenvalue weighted by atomic mass is 10.2. The summed E-state index contributed by atoms with van der Waals surface area (Å²) in [6.45, 7) is 2.26. The van der Waals surface area contributed by atoms with Gasteiger partial charge < -0.3 is 10.2 Å². The maximum absolute atomic E-state index is 4.73. The third kappa shape index (κ3) is 1.20. The second-order valence-corrected chi connectivity index (χ2v) is 5.62. The largest absolute Gasteiger partial charge is 0.342 e. The lowest BCUT2D eigenvalue weighted by molar-refractivity contribution is 0.579. The van der Waals surface area contributed by atoms with Crippen molar-refractivity contribution >= 4 is 26.7 Å². The second kappa shape index (κ2) is 3.18. The Labute approximate surface area is 98.1 Å². The van der Waals surface area contributed by atoms with Gasteiger partial charge in [0.15, 0.2) is 5.13 Å². The number of benzene rings is 1. The summed E-state index contributed by atoms with van der Waals surface area (Å²) >= 11 is 1.82. The van der Waals surface area contributed by atoms with Gasteiger partial charge in [0, 0.05) is 25.2 Å². The molecular weight excluding hydrogens is 218 g/mol. The van der Waals surface area contributed by atoms with E-state index in [1.165, 1.54) is 16.3 Å². The van der Waals surface area contributed by atoms with E-state index >= 15 is 0 Å². The van der Waals surface area contributed by atoms with E-state index in [0.29, 0.717) is 12.1 Å². The molecule has 3 heterocycles. The average Bonchev–Trinajstić information content (AvgIpc) is 3.02. The first-order chi connectivity index (χ1) is 7.90. The first-order valence-electron chi connectivity index (χ1n) is 5.76. The smallest absolute Gasteiger partial charge is 0.186 e. The number of para-hydroxylation sites is 1. The maximum atomic E-state index is 4.73. The third-order valence-electron chi connectivity index (χ3n) is 3.58. The average molecular weight is 231 g/mol. The Morgan fingerprint density at radius 1 is 1.38 bits per heavy atom. The van der Waals surface area contributed by atoms with Crippen molar-refractivity contribution in [3.63, 3.8) is 0 Å². The highest BCUT2D eigenvalue weighted by atomic mass is 32.1. The molecule has 0 amide bonds. The van der Waals surface area contributed by atoms with E-state index in [0.717, 1.165) is 18.6 Å². The lowest BCUT2D eigenvalue weighted by Crippen LogP contribution is -2.43. The zero-order valence-electron chi connectivity index (χ0n) is 8.89. The number of piperazine rings is 1. The van der Waals surface area contributed by atoms with E-state index in [1.54, 1.807) is 0 Å². The Balaban J connectivity index is 1.76. The van der Waals surface area contributed by atoms with Crippen LogP contribution in [0.4, 0.5) is 5.13 Å². The summed E-state index contributed by atoms with van der Waals surface area (Å²) in [5.41, 5.74) is 1.14. The molecule has 0 aliphatic carbocycles. The van der Waals surface area contributed by atoms with Crippen molar-refractivity contribution in [2.45, 2.75) is 18.5 Å². The molecule has 1 N–H and O–H groups in total. The Kier molecular flexibility index (Phi) is 1.78. The fraction of sp³-hybridized carbons (Fsp3) is 0.417. The van der Waals surface area contributed by atoms with Crippen LogP contribution in [0, 0.1) is 0 Å². The summed E-state index contributed by atoms with van der Waals surface area (Å²) in [7, 11) is 0. The van der Waals surface area contributed by atoms with Crippen molar-refractivity contribution < 1.29 is 0 Å². The standard InChI is InChI=1S/C12H13N3S/c1-2-4-11-10(3-1)14-12(16-11)15-7-8-5-9(15)6-13-8/h1-4,8-9,13H,5-7H2/t8-,9-/m0/s1. The van der Waals surface area contributed by atoms with Crippen LogP contribution in [0.3, 0.4) is 0 Å². The summed E-state index contributed by atoms with van der Waals surface area (Å²) in [5.74, 6) is 0. The molecule has 0 radical (unpaired) electrons. The molecule has 4 rings (SSSR count). The highest BCUT2D eigenvalue weighted by Crippen LogP contribution is 2.34. The highest BCUT2D eigenvalue weighted by Gasteiger charge is 2.38. The van der Waals surface area contributed by atoms with Crippen molar-refractivity contribution in [3.8, 4) is 0 Å². The van der Waals surface area contributed by atoms with Crippen molar-refractivity contribution in [1.29, 1.82) is 0 Å². The number of anilines is 1. The van der Waals surface area contributed by atoms with Gasteiger partial charge in [-0.15, -0.1) is 0 Å². The van der Waals surface area contributed by atoms with Gasteiger partial charge in [-0.3, -0.25) is 0 Å². The molecule has 3 nitrogen and oxygen atoms in total. The molecule has 1 aromatic carbocycles. The molecule has 2 atom stereocenters. The van der Waals surface area contributed by atoms with E-state index in [2.05, 4.69) is 34.5 Å². The van der Waals surface area contributed by atoms with E-state index in [9.17, 15) is 0 Å². The van der Waals surface area contributed by atoms with Gasteiger partial charge in [0.05, 0.1) is 10.2 Å². The van der Waals surface area contributed by atoms with Crippen molar-refractivity contribution in [1.82, 2.24) is 10.3 Å². The number of hydrogen-bond acceptors (Lipinski definition) is 4. The molecule has 0 spiro atoms. The highest BCUT2D eigenvalue weighted by molar-refractivity contribution is 7.22. The fourth-order valence-corrected chi connectivity index (χ4v) is 3.82. The number of thiazole rings is 1. The van der Waals surface area contributed by atoms with Crippen LogP contribution in [0.5, 0.6) is 0 Å². The minimum Gasteiger partial charge on any atom is -0.342 e. The summed E-state index contributed by atoms with van der Waals surface area (Å²) in [6.07, 6.45) is 1.29. The van der Waals surface area contributed by atoms with Gasteiger partial charge in [0.2, 0.25) is 0 Å². The van der Waals surface area contributed by atoms with Crippen LogP contribution in [0.15, 0.2) is 24.3 Å². The molecule has 2 fully saturated rings. The molecule has 2 aromatic rings. The van der Waals surface area contributed by atoms with Crippen LogP contribution in [0.1, 0.15) is 6.42 Å². The van der Waals surface area contributed by atoms with Gasteiger partial charge in [0.25, 0.3) is 0 Å². The van der Waals surface area contributed by atoms with Crippen LogP contribution in [-0.2, 0) is 0 Å². The molecule has 82 valence electrons. The quantitative estimate of drug-likeness (QED) is 0.812. The molecule has 2 bridgehead atoms. The minimum atomic E-state index is 0.672. The number of aromatic nitrogens is 1. The first kappa shape index (κ1) is 8.96. The van der Waals surface area contributed by atoms with E-state index in [-0.39, 0.29) is 0 Å². The van der Waals surface area contributed by atoms with Gasteiger partial charge in [-0.2, -0.15) is 0 Å². The number of fused-ring (bicyclic) bond motifs is 3. The Bertz CT molecular complexity index is 503. The van der Waals surface area contributed by atoms with E-state index in [4.69, 9.17) is 4.98 Å². The molecule has 16 heavy (non-hydrogen) atoms. The van der Waals surface area contributed by atoms with Crippen LogP contribution in [0.2, 0.25) is 0 Å². The van der Waals surface area contributed by atoms with E-state index < -0.39 is 0 Å². The molecule has 0 saturated carbocycles. The number of rotatable bonds is 1. The molecular formula is C12H13N3S. The van der Waals surface area contributed by atoms with Gasteiger partial charge in [0.1, 0.15) is 0 Å². The fourth-order valence-electron chi connectivity index (χ4n) is 2.78. The van der Waals surface area contributed by atoms with Crippen LogP contribution < -0.4 is 10.2 Å². The van der Waals surface area contributed by atoms with Gasteiger partial charge in [-0.1, -0.05) is 23.5 Å². The monoisotopic (exact) mass is 231 g/mol. The topological polar surface area (TPSA) is 28.2 Å². The molecule has 2 aliphatic heterocycles. The minimum absolute atomic E-state index is 0.672. The van der Waals surface area contributed by atoms with Crippen LogP contribution in [0.25, 0.3) is 10.2 Å². The molecule has 1 aromatic heterocycles. The lowest BCUT2D eigenvalue weighted by Gasteiger charge is -2.26. The number of hydrogen-bond donors (Lipinski definition) is 1. The summed E-state index contributed by atoms with van der Waals surface area (Å²) in [6, 6.07) is 9.76. The normalized spacial score (nSPS) is 28.1. The van der Waals surface area contributed by atoms with Crippen molar-refractivity contribution in [3.05, 3.63) is 24.3 Å². The second-order valence-electron chi connectivity index (χ2n) is 4.61. The van der Waals surface area contributed by atoms with Crippen LogP contribution >= 0.6 is 11.3 Å². The van der Waals surface area contributed by atoms with Gasteiger partial charge >= 0.3 is 0 Å². The zero-order chi connectivity index (χ0) is 10.5. The zero-order valence-corrected chi connectivity index (χ0v) is 9.70.